The molecule has 1 aromatic rings. The number of hydrogen-bond acceptors (Lipinski definition) is 3. The lowest BCUT2D eigenvalue weighted by Gasteiger charge is -2.06. The highest BCUT2D eigenvalue weighted by molar-refractivity contribution is 4.74. The largest absolute Gasteiger partial charge is 0.392 e. The minimum atomic E-state index is -0.271. The van der Waals surface area contributed by atoms with Crippen LogP contribution in [0.25, 0.3) is 0 Å². The van der Waals surface area contributed by atoms with Gasteiger partial charge in [0, 0.05) is 32.0 Å². The third-order valence-electron chi connectivity index (χ3n) is 1.55. The molecule has 4 heteroatoms. The van der Waals surface area contributed by atoms with Crippen molar-refractivity contribution < 1.29 is 5.11 Å². The summed E-state index contributed by atoms with van der Waals surface area (Å²) in [5.74, 6) is 0. The van der Waals surface area contributed by atoms with Crippen LogP contribution in [-0.2, 0) is 6.54 Å². The van der Waals surface area contributed by atoms with Crippen molar-refractivity contribution in [1.82, 2.24) is 14.9 Å². The SMILES string of the molecule is C[C@@H](O)CNCCn1ccnc1. The predicted octanol–water partition coefficient (Wildman–Crippen LogP) is -0.147. The number of rotatable bonds is 5. The molecule has 0 aliphatic rings. The van der Waals surface area contributed by atoms with Crippen LogP contribution in [0.1, 0.15) is 6.92 Å². The molecule has 0 fully saturated rings. The van der Waals surface area contributed by atoms with Gasteiger partial charge >= 0.3 is 0 Å². The molecule has 1 rings (SSSR count). The Morgan fingerprint density at radius 3 is 3.08 bits per heavy atom. The summed E-state index contributed by atoms with van der Waals surface area (Å²) in [5, 5.41) is 12.1. The van der Waals surface area contributed by atoms with Gasteiger partial charge in [0.2, 0.25) is 0 Å². The quantitative estimate of drug-likeness (QED) is 0.603. The fourth-order valence-electron chi connectivity index (χ4n) is 0.938. The minimum Gasteiger partial charge on any atom is -0.392 e. The van der Waals surface area contributed by atoms with Crippen LogP contribution in [-0.4, -0.2) is 33.9 Å². The number of aromatic nitrogens is 2. The fourth-order valence-corrected chi connectivity index (χ4v) is 0.938. The van der Waals surface area contributed by atoms with E-state index in [4.69, 9.17) is 5.11 Å². The van der Waals surface area contributed by atoms with E-state index in [1.54, 1.807) is 19.4 Å². The summed E-state index contributed by atoms with van der Waals surface area (Å²) in [5.41, 5.74) is 0. The topological polar surface area (TPSA) is 50.1 Å². The molecule has 0 amide bonds. The molecular formula is C8H15N3O. The van der Waals surface area contributed by atoms with Crippen LogP contribution in [0.2, 0.25) is 0 Å². The summed E-state index contributed by atoms with van der Waals surface area (Å²) < 4.78 is 2.00. The Balaban J connectivity index is 2.04. The summed E-state index contributed by atoms with van der Waals surface area (Å²) in [6.45, 7) is 4.17. The molecule has 0 aromatic carbocycles. The van der Waals surface area contributed by atoms with E-state index in [0.717, 1.165) is 13.1 Å². The molecule has 2 N–H and O–H groups in total. The zero-order valence-corrected chi connectivity index (χ0v) is 7.27. The number of imidazole rings is 1. The smallest absolute Gasteiger partial charge is 0.0946 e. The third-order valence-corrected chi connectivity index (χ3v) is 1.55. The first-order valence-electron chi connectivity index (χ1n) is 4.13. The maximum atomic E-state index is 8.93. The van der Waals surface area contributed by atoms with E-state index >= 15 is 0 Å². The van der Waals surface area contributed by atoms with Crippen LogP contribution in [0.4, 0.5) is 0 Å². The summed E-state index contributed by atoms with van der Waals surface area (Å²) >= 11 is 0. The highest BCUT2D eigenvalue weighted by Gasteiger charge is 1.93. The number of aliphatic hydroxyl groups is 1. The molecule has 1 atom stereocenters. The van der Waals surface area contributed by atoms with Crippen LogP contribution in [0.5, 0.6) is 0 Å². The van der Waals surface area contributed by atoms with Crippen molar-refractivity contribution in [2.24, 2.45) is 0 Å². The molecule has 1 heterocycles. The number of nitrogens with one attached hydrogen (secondary N) is 1. The third kappa shape index (κ3) is 3.50. The van der Waals surface area contributed by atoms with E-state index in [0.29, 0.717) is 6.54 Å². The molecule has 0 radical (unpaired) electrons. The molecule has 68 valence electrons. The molecule has 0 saturated heterocycles. The lowest BCUT2D eigenvalue weighted by Crippen LogP contribution is -2.27. The van der Waals surface area contributed by atoms with Gasteiger partial charge in [0.05, 0.1) is 12.4 Å². The van der Waals surface area contributed by atoms with Crippen molar-refractivity contribution in [2.75, 3.05) is 13.1 Å². The van der Waals surface area contributed by atoms with Crippen molar-refractivity contribution in [3.63, 3.8) is 0 Å². The molecule has 4 nitrogen and oxygen atoms in total. The van der Waals surface area contributed by atoms with Crippen molar-refractivity contribution >= 4 is 0 Å². The molecule has 12 heavy (non-hydrogen) atoms. The molecule has 0 spiro atoms. The molecule has 0 aliphatic carbocycles. The molecule has 0 aliphatic heterocycles. The van der Waals surface area contributed by atoms with Crippen LogP contribution >= 0.6 is 0 Å². The first kappa shape index (κ1) is 9.22. The van der Waals surface area contributed by atoms with Gasteiger partial charge in [-0.2, -0.15) is 0 Å². The van der Waals surface area contributed by atoms with Gasteiger partial charge in [0.15, 0.2) is 0 Å². The van der Waals surface area contributed by atoms with Crippen LogP contribution < -0.4 is 5.32 Å². The van der Waals surface area contributed by atoms with E-state index in [2.05, 4.69) is 10.3 Å². The maximum absolute atomic E-state index is 8.93. The Labute approximate surface area is 72.2 Å². The molecular weight excluding hydrogens is 154 g/mol. The lowest BCUT2D eigenvalue weighted by molar-refractivity contribution is 0.191. The predicted molar refractivity (Wildman–Crippen MR) is 46.8 cm³/mol. The van der Waals surface area contributed by atoms with E-state index in [1.807, 2.05) is 10.8 Å². The summed E-state index contributed by atoms with van der Waals surface area (Å²) in [4.78, 5) is 3.92. The molecule has 0 unspecified atom stereocenters. The highest BCUT2D eigenvalue weighted by Crippen LogP contribution is 1.83. The van der Waals surface area contributed by atoms with E-state index in [1.165, 1.54) is 0 Å². The summed E-state index contributed by atoms with van der Waals surface area (Å²) in [6.07, 6.45) is 5.19. The van der Waals surface area contributed by atoms with E-state index in [9.17, 15) is 0 Å². The van der Waals surface area contributed by atoms with E-state index < -0.39 is 0 Å². The van der Waals surface area contributed by atoms with Crippen molar-refractivity contribution in [1.29, 1.82) is 0 Å². The Morgan fingerprint density at radius 1 is 1.67 bits per heavy atom. The second-order valence-corrected chi connectivity index (χ2v) is 2.85. The standard InChI is InChI=1S/C8H15N3O/c1-8(12)6-9-2-4-11-5-3-10-7-11/h3,5,7-9,12H,2,4,6H2,1H3/t8-/m1/s1. The number of aliphatic hydroxyl groups excluding tert-OH is 1. The van der Waals surface area contributed by atoms with Gasteiger partial charge in [-0.25, -0.2) is 4.98 Å². The molecule has 0 saturated carbocycles. The lowest BCUT2D eigenvalue weighted by atomic mass is 10.4. The van der Waals surface area contributed by atoms with Gasteiger partial charge in [0.25, 0.3) is 0 Å². The first-order chi connectivity index (χ1) is 5.79. The Bertz CT molecular complexity index is 196. The van der Waals surface area contributed by atoms with Crippen LogP contribution in [0.3, 0.4) is 0 Å². The van der Waals surface area contributed by atoms with Crippen LogP contribution in [0, 0.1) is 0 Å². The Hall–Kier alpha value is -0.870. The van der Waals surface area contributed by atoms with Crippen LogP contribution in [0.15, 0.2) is 18.7 Å². The zero-order valence-electron chi connectivity index (χ0n) is 7.27. The Kier molecular flexibility index (Phi) is 3.76. The zero-order chi connectivity index (χ0) is 8.81. The number of hydrogen-bond donors (Lipinski definition) is 2. The average Bonchev–Trinajstić information content (AvgIpc) is 2.49. The summed E-state index contributed by atoms with van der Waals surface area (Å²) in [7, 11) is 0. The normalized spacial score (nSPS) is 13.2. The van der Waals surface area contributed by atoms with Gasteiger partial charge in [0.1, 0.15) is 0 Å². The van der Waals surface area contributed by atoms with Gasteiger partial charge in [-0.15, -0.1) is 0 Å². The van der Waals surface area contributed by atoms with Gasteiger partial charge in [-0.3, -0.25) is 0 Å². The van der Waals surface area contributed by atoms with Crippen molar-refractivity contribution in [3.8, 4) is 0 Å². The van der Waals surface area contributed by atoms with Crippen molar-refractivity contribution in [3.05, 3.63) is 18.7 Å². The number of nitrogens with zero attached hydrogens (tertiary/aromatic N) is 2. The Morgan fingerprint density at radius 2 is 2.50 bits per heavy atom. The second-order valence-electron chi connectivity index (χ2n) is 2.85. The maximum Gasteiger partial charge on any atom is 0.0946 e. The molecule has 1 aromatic heterocycles. The van der Waals surface area contributed by atoms with Crippen molar-refractivity contribution in [2.45, 2.75) is 19.6 Å². The van der Waals surface area contributed by atoms with Gasteiger partial charge in [-0.05, 0) is 6.92 Å². The second kappa shape index (κ2) is 4.90. The minimum absolute atomic E-state index is 0.271. The molecule has 0 bridgehead atoms. The average molecular weight is 169 g/mol. The van der Waals surface area contributed by atoms with Gasteiger partial charge in [-0.1, -0.05) is 0 Å². The first-order valence-corrected chi connectivity index (χ1v) is 4.13. The van der Waals surface area contributed by atoms with Gasteiger partial charge < -0.3 is 15.0 Å². The van der Waals surface area contributed by atoms with E-state index in [-0.39, 0.29) is 6.10 Å². The monoisotopic (exact) mass is 169 g/mol. The summed E-state index contributed by atoms with van der Waals surface area (Å²) in [6, 6.07) is 0. The highest BCUT2D eigenvalue weighted by atomic mass is 16.3. The fraction of sp³-hybridized carbons (Fsp3) is 0.625.